The number of phenols is 2. The van der Waals surface area contributed by atoms with Gasteiger partial charge in [-0.2, -0.15) is 0 Å². The molecule has 0 radical (unpaired) electrons. The van der Waals surface area contributed by atoms with Crippen molar-refractivity contribution in [2.45, 2.75) is 60.5 Å². The van der Waals surface area contributed by atoms with Crippen LogP contribution in [0.3, 0.4) is 0 Å². The van der Waals surface area contributed by atoms with Crippen molar-refractivity contribution in [2.24, 2.45) is 35.1 Å². The number of ketones is 4. The lowest BCUT2D eigenvalue weighted by Gasteiger charge is -2.55. The van der Waals surface area contributed by atoms with Gasteiger partial charge in [-0.3, -0.25) is 38.6 Å². The zero-order valence-corrected chi connectivity index (χ0v) is 37.2. The van der Waals surface area contributed by atoms with E-state index >= 15 is 0 Å². The van der Waals surface area contributed by atoms with E-state index in [-0.39, 0.29) is 34.7 Å². The number of aliphatic hydroxyl groups excluding tert-OH is 6. The van der Waals surface area contributed by atoms with E-state index in [0.717, 1.165) is 0 Å². The third-order valence-electron chi connectivity index (χ3n) is 14.1. The number of fused-ring (bicyclic) bond motifs is 6. The van der Waals surface area contributed by atoms with Crippen LogP contribution in [0.15, 0.2) is 81.7 Å². The number of nitrogens with two attached hydrogens (primary N) is 2. The predicted molar refractivity (Wildman–Crippen MR) is 229 cm³/mol. The Labute approximate surface area is 385 Å². The molecule has 0 saturated heterocycles. The standard InChI is InChI=1S/2C22H24N2O9.ClH/c2*1-21(32)7-5-4-6-8(25)9(7)15(26)10-12(21)17(28)13-14(24(2)3)16(27)11(20(23)31)19(30)22(13,33)18(10)29;/h2*4-6,12-14,17,25,27-29,32-33H,1-3H3,(H2,23,31);1H/t2*12-,13-,14+,17+,21-,22+;/m11./s1. The van der Waals surface area contributed by atoms with Crippen LogP contribution in [0, 0.1) is 23.7 Å². The summed E-state index contributed by atoms with van der Waals surface area (Å²) in [7, 11) is 5.71. The number of hydrogen-bond acceptors (Lipinski definition) is 20. The number of likely N-dealkylation sites (N-methyl/N-ethyl adjacent to an activating group) is 2. The van der Waals surface area contributed by atoms with Crippen LogP contribution in [0.5, 0.6) is 11.5 Å². The lowest BCUT2D eigenvalue weighted by Crippen LogP contribution is -2.70. The van der Waals surface area contributed by atoms with Crippen LogP contribution in [0.25, 0.3) is 0 Å². The molecule has 22 nitrogen and oxygen atoms in total. The van der Waals surface area contributed by atoms with Gasteiger partial charge in [-0.05, 0) is 65.3 Å². The van der Waals surface area contributed by atoms with Crippen molar-refractivity contribution in [3.05, 3.63) is 104 Å². The molecular weight excluding hydrogens is 908 g/mol. The van der Waals surface area contributed by atoms with E-state index in [2.05, 4.69) is 0 Å². The maximum Gasteiger partial charge on any atom is 0.255 e. The van der Waals surface area contributed by atoms with Gasteiger partial charge in [0.25, 0.3) is 11.8 Å². The first-order chi connectivity index (χ1) is 30.4. The van der Waals surface area contributed by atoms with Crippen LogP contribution >= 0.6 is 12.4 Å². The molecule has 0 saturated carbocycles. The van der Waals surface area contributed by atoms with E-state index in [0.29, 0.717) is 0 Å². The van der Waals surface area contributed by atoms with Gasteiger partial charge in [0, 0.05) is 0 Å². The number of hydrogen-bond donors (Lipinski definition) is 14. The number of primary amides is 2. The number of nitrogens with zero attached hydrogens (tertiary/aromatic N) is 2. The minimum Gasteiger partial charge on any atom is -0.510 e. The summed E-state index contributed by atoms with van der Waals surface area (Å²) in [6.45, 7) is 2.51. The fourth-order valence-electron chi connectivity index (χ4n) is 11.2. The highest BCUT2D eigenvalue weighted by atomic mass is 35.5. The third kappa shape index (κ3) is 6.32. The number of halogens is 1. The van der Waals surface area contributed by atoms with E-state index < -0.39 is 162 Å². The van der Waals surface area contributed by atoms with Crippen LogP contribution in [0.4, 0.5) is 0 Å². The van der Waals surface area contributed by atoms with Gasteiger partial charge in [0.15, 0.2) is 22.8 Å². The van der Waals surface area contributed by atoms with Crippen LogP contribution in [-0.2, 0) is 30.4 Å². The zero-order chi connectivity index (χ0) is 49.6. The average Bonchev–Trinajstić information content (AvgIpc) is 3.20. The normalized spacial score (nSPS) is 35.4. The first-order valence-corrected chi connectivity index (χ1v) is 20.2. The topological polar surface area (TPSA) is 404 Å². The molecule has 23 heteroatoms. The highest BCUT2D eigenvalue weighted by molar-refractivity contribution is 6.26. The second-order valence-corrected chi connectivity index (χ2v) is 18.1. The number of amides is 2. The van der Waals surface area contributed by atoms with E-state index in [9.17, 15) is 90.0 Å². The number of phenolic OH excluding ortho intramolecular Hbond substituents is 2. The second kappa shape index (κ2) is 16.0. The molecule has 6 aliphatic rings. The minimum absolute atomic E-state index is 0. The van der Waals surface area contributed by atoms with Crippen LogP contribution in [-0.4, -0.2) is 170 Å². The molecule has 8 rings (SSSR count). The van der Waals surface area contributed by atoms with E-state index in [4.69, 9.17) is 11.5 Å². The van der Waals surface area contributed by atoms with Crippen molar-refractivity contribution >= 4 is 47.4 Å². The Morgan fingerprint density at radius 2 is 0.866 bits per heavy atom. The summed E-state index contributed by atoms with van der Waals surface area (Å²) in [5.41, 5.74) is -3.76. The summed E-state index contributed by atoms with van der Waals surface area (Å²) in [6.07, 6.45) is -3.74. The summed E-state index contributed by atoms with van der Waals surface area (Å²) in [6, 6.07) is 5.07. The number of aromatic hydroxyl groups is 2. The average molecular weight is 957 g/mol. The number of aliphatic hydroxyl groups is 10. The summed E-state index contributed by atoms with van der Waals surface area (Å²) in [5.74, 6) is -19.3. The quantitative estimate of drug-likeness (QED) is 0.146. The maximum atomic E-state index is 13.3. The number of carbonyl (C=O) groups excluding carboxylic acids is 6. The molecule has 0 spiro atoms. The largest absolute Gasteiger partial charge is 0.510 e. The Morgan fingerprint density at radius 3 is 1.13 bits per heavy atom. The molecule has 0 heterocycles. The molecule has 0 unspecified atom stereocenters. The number of Topliss-reactive ketones (excluding diaryl/α,β-unsaturated/α-hetero) is 4. The molecular formula is C44H49ClN4O18. The lowest BCUT2D eigenvalue weighted by atomic mass is 9.54. The maximum absolute atomic E-state index is 13.3. The molecule has 2 aromatic carbocycles. The minimum atomic E-state index is -3.02. The first-order valence-electron chi connectivity index (χ1n) is 20.2. The molecule has 2 amide bonds. The Balaban J connectivity index is 0.000000218. The molecule has 360 valence electrons. The summed E-state index contributed by atoms with van der Waals surface area (Å²) in [5, 5.41) is 133. The van der Waals surface area contributed by atoms with E-state index in [1.54, 1.807) is 0 Å². The lowest BCUT2D eigenvalue weighted by molar-refractivity contribution is -0.173. The van der Waals surface area contributed by atoms with Gasteiger partial charge in [-0.25, -0.2) is 0 Å². The molecule has 0 fully saturated rings. The third-order valence-corrected chi connectivity index (χ3v) is 14.1. The smallest absolute Gasteiger partial charge is 0.255 e. The van der Waals surface area contributed by atoms with Gasteiger partial charge >= 0.3 is 0 Å². The Kier molecular flexibility index (Phi) is 12.0. The van der Waals surface area contributed by atoms with Crippen molar-refractivity contribution in [1.82, 2.24) is 9.80 Å². The van der Waals surface area contributed by atoms with Gasteiger partial charge in [0.05, 0.1) is 81.4 Å². The van der Waals surface area contributed by atoms with Crippen LogP contribution in [0.1, 0.15) is 45.7 Å². The molecule has 2 aromatic rings. The first kappa shape index (κ1) is 50.2. The number of benzene rings is 2. The van der Waals surface area contributed by atoms with Crippen molar-refractivity contribution in [3.8, 4) is 11.5 Å². The second-order valence-electron chi connectivity index (χ2n) is 18.1. The van der Waals surface area contributed by atoms with Gasteiger partial charge < -0.3 is 72.7 Å². The summed E-state index contributed by atoms with van der Waals surface area (Å²) < 4.78 is 0. The predicted octanol–water partition coefficient (Wildman–Crippen LogP) is -2.07. The Morgan fingerprint density at radius 1 is 0.567 bits per heavy atom. The fourth-order valence-corrected chi connectivity index (χ4v) is 11.2. The molecule has 67 heavy (non-hydrogen) atoms. The van der Waals surface area contributed by atoms with Gasteiger partial charge in [-0.1, -0.05) is 24.3 Å². The Bertz CT molecular complexity index is 2560. The van der Waals surface area contributed by atoms with Gasteiger partial charge in [0.2, 0.25) is 11.6 Å². The van der Waals surface area contributed by atoms with Gasteiger partial charge in [-0.15, -0.1) is 12.4 Å². The van der Waals surface area contributed by atoms with Crippen LogP contribution < -0.4 is 11.5 Å². The Hall–Kier alpha value is -6.21. The van der Waals surface area contributed by atoms with Crippen LogP contribution in [0.2, 0.25) is 0 Å². The molecule has 16 N–H and O–H groups in total. The molecule has 0 aliphatic heterocycles. The van der Waals surface area contributed by atoms with Crippen molar-refractivity contribution in [1.29, 1.82) is 0 Å². The number of carbonyl (C=O) groups is 6. The van der Waals surface area contributed by atoms with E-state index in [1.807, 2.05) is 0 Å². The number of rotatable bonds is 4. The highest BCUT2D eigenvalue weighted by Gasteiger charge is 2.71. The highest BCUT2D eigenvalue weighted by Crippen LogP contribution is 2.58. The molecule has 0 aromatic heterocycles. The van der Waals surface area contributed by atoms with Gasteiger partial charge in [0.1, 0.15) is 45.7 Å². The molecule has 12 atom stereocenters. The summed E-state index contributed by atoms with van der Waals surface area (Å²) >= 11 is 0. The monoisotopic (exact) mass is 956 g/mol. The zero-order valence-electron chi connectivity index (χ0n) is 36.4. The SMILES string of the molecule is CN(C)[C@@H]1C(O)=C(C(N)=O)C(=O)[C@@]2(O)C(O)=C3C(=O)c4c(O)cccc4[C@@](C)(O)[C@H]3[C@H](O)[C@@H]12.CN(C)[C@@H]1C(O)=C(C(N)=O)C(=O)[C@@]2(O)C(O)=C3C(=O)c4c(O)cccc4[C@@](C)(O)[C@H]3[C@H](O)[C@@H]12.Cl. The molecule has 0 bridgehead atoms. The van der Waals surface area contributed by atoms with Crippen molar-refractivity contribution in [2.75, 3.05) is 28.2 Å². The van der Waals surface area contributed by atoms with Crippen molar-refractivity contribution in [3.63, 3.8) is 0 Å². The molecule has 6 aliphatic carbocycles. The van der Waals surface area contributed by atoms with E-state index in [1.165, 1.54) is 88.2 Å². The van der Waals surface area contributed by atoms with Crippen molar-refractivity contribution < 1.29 is 90.0 Å². The summed E-state index contributed by atoms with van der Waals surface area (Å²) in [4.78, 5) is 79.6. The fraction of sp³-hybridized carbons (Fsp3) is 0.409.